The molecule has 0 spiro atoms. The highest BCUT2D eigenvalue weighted by Gasteiger charge is 2.18. The van der Waals surface area contributed by atoms with Gasteiger partial charge >= 0.3 is 0 Å². The lowest BCUT2D eigenvalue weighted by Crippen LogP contribution is -2.27. The van der Waals surface area contributed by atoms with Gasteiger partial charge in [-0.2, -0.15) is 0 Å². The molecule has 1 aliphatic rings. The molecule has 0 saturated heterocycles. The van der Waals surface area contributed by atoms with Crippen molar-refractivity contribution in [3.8, 4) is 5.75 Å². The smallest absolute Gasteiger partial charge is 0.220 e. The summed E-state index contributed by atoms with van der Waals surface area (Å²) in [5.74, 6) is 1.75. The number of ether oxygens (including phenoxy) is 1. The molecule has 0 bridgehead atoms. The van der Waals surface area contributed by atoms with Crippen LogP contribution in [0.15, 0.2) is 18.2 Å². The summed E-state index contributed by atoms with van der Waals surface area (Å²) in [6.45, 7) is 4.07. The Morgan fingerprint density at radius 3 is 2.76 bits per heavy atom. The second kappa shape index (κ2) is 7.48. The van der Waals surface area contributed by atoms with E-state index in [1.807, 2.05) is 19.1 Å². The van der Waals surface area contributed by atoms with Gasteiger partial charge in [-0.05, 0) is 32.3 Å². The summed E-state index contributed by atoms with van der Waals surface area (Å²) in [5.41, 5.74) is 2.23. The van der Waals surface area contributed by atoms with Crippen LogP contribution in [0.25, 0.3) is 0 Å². The lowest BCUT2D eigenvalue weighted by atomic mass is 10.0. The van der Waals surface area contributed by atoms with Crippen LogP contribution < -0.4 is 10.1 Å². The van der Waals surface area contributed by atoms with Crippen LogP contribution in [0.1, 0.15) is 62.6 Å². The summed E-state index contributed by atoms with van der Waals surface area (Å²) in [4.78, 5) is 12.1. The van der Waals surface area contributed by atoms with Crippen molar-refractivity contribution in [2.45, 2.75) is 58.4 Å². The van der Waals surface area contributed by atoms with Crippen LogP contribution in [0, 0.1) is 12.8 Å². The molecule has 1 fully saturated rings. The SMILES string of the molecule is COc1ccc(C)cc1C(C)NC(=O)CCC1CCCC1. The minimum Gasteiger partial charge on any atom is -0.496 e. The van der Waals surface area contributed by atoms with Gasteiger partial charge in [-0.15, -0.1) is 0 Å². The fraction of sp³-hybridized carbons (Fsp3) is 0.611. The maximum atomic E-state index is 12.1. The van der Waals surface area contributed by atoms with Crippen molar-refractivity contribution in [2.75, 3.05) is 7.11 Å². The standard InChI is InChI=1S/C18H27NO2/c1-13-8-10-17(21-3)16(12-13)14(2)19-18(20)11-9-15-6-4-5-7-15/h8,10,12,14-15H,4-7,9,11H2,1-3H3,(H,19,20). The molecule has 1 N–H and O–H groups in total. The van der Waals surface area contributed by atoms with E-state index < -0.39 is 0 Å². The van der Waals surface area contributed by atoms with Crippen molar-refractivity contribution in [3.05, 3.63) is 29.3 Å². The molecule has 1 unspecified atom stereocenters. The van der Waals surface area contributed by atoms with Gasteiger partial charge < -0.3 is 10.1 Å². The van der Waals surface area contributed by atoms with Crippen LogP contribution in [0.3, 0.4) is 0 Å². The van der Waals surface area contributed by atoms with Gasteiger partial charge in [-0.25, -0.2) is 0 Å². The lowest BCUT2D eigenvalue weighted by Gasteiger charge is -2.18. The van der Waals surface area contributed by atoms with Crippen LogP contribution in [-0.4, -0.2) is 13.0 Å². The molecule has 0 heterocycles. The Kier molecular flexibility index (Phi) is 5.66. The number of nitrogens with one attached hydrogen (secondary N) is 1. The number of benzene rings is 1. The first-order valence-electron chi connectivity index (χ1n) is 8.04. The average Bonchev–Trinajstić information content (AvgIpc) is 2.98. The van der Waals surface area contributed by atoms with E-state index in [1.165, 1.54) is 31.2 Å². The molecule has 3 nitrogen and oxygen atoms in total. The zero-order valence-corrected chi connectivity index (χ0v) is 13.4. The first-order chi connectivity index (χ1) is 10.1. The van der Waals surface area contributed by atoms with Crippen molar-refractivity contribution < 1.29 is 9.53 Å². The third kappa shape index (κ3) is 4.48. The predicted octanol–water partition coefficient (Wildman–Crippen LogP) is 4.15. The summed E-state index contributed by atoms with van der Waals surface area (Å²) < 4.78 is 5.39. The molecule has 1 saturated carbocycles. The monoisotopic (exact) mass is 289 g/mol. The largest absolute Gasteiger partial charge is 0.496 e. The van der Waals surface area contributed by atoms with Crippen molar-refractivity contribution in [3.63, 3.8) is 0 Å². The highest BCUT2D eigenvalue weighted by molar-refractivity contribution is 5.76. The van der Waals surface area contributed by atoms with Crippen LogP contribution >= 0.6 is 0 Å². The molecule has 1 atom stereocenters. The number of hydrogen-bond acceptors (Lipinski definition) is 2. The summed E-state index contributed by atoms with van der Waals surface area (Å²) in [6, 6.07) is 6.06. The molecule has 0 radical (unpaired) electrons. The van der Waals surface area contributed by atoms with Crippen molar-refractivity contribution in [1.29, 1.82) is 0 Å². The number of rotatable bonds is 6. The van der Waals surface area contributed by atoms with E-state index in [-0.39, 0.29) is 11.9 Å². The van der Waals surface area contributed by atoms with E-state index in [1.54, 1.807) is 7.11 Å². The van der Waals surface area contributed by atoms with Gasteiger partial charge in [0.15, 0.2) is 0 Å². The normalized spacial score (nSPS) is 16.7. The summed E-state index contributed by atoms with van der Waals surface area (Å²) in [6.07, 6.45) is 6.95. The predicted molar refractivity (Wildman–Crippen MR) is 85.5 cm³/mol. The maximum absolute atomic E-state index is 12.1. The van der Waals surface area contributed by atoms with Gasteiger partial charge in [0.05, 0.1) is 13.2 Å². The van der Waals surface area contributed by atoms with Gasteiger partial charge in [0, 0.05) is 12.0 Å². The molecule has 116 valence electrons. The topological polar surface area (TPSA) is 38.3 Å². The number of carbonyl (C=O) groups excluding carboxylic acids is 1. The highest BCUT2D eigenvalue weighted by Crippen LogP contribution is 2.29. The first-order valence-corrected chi connectivity index (χ1v) is 8.04. The summed E-state index contributed by atoms with van der Waals surface area (Å²) in [5, 5.41) is 3.10. The van der Waals surface area contributed by atoms with Crippen molar-refractivity contribution in [1.82, 2.24) is 5.32 Å². The van der Waals surface area contributed by atoms with Crippen LogP contribution in [0.5, 0.6) is 5.75 Å². The first kappa shape index (κ1) is 15.9. The van der Waals surface area contributed by atoms with Crippen molar-refractivity contribution >= 4 is 5.91 Å². The average molecular weight is 289 g/mol. The van der Waals surface area contributed by atoms with Gasteiger partial charge in [0.1, 0.15) is 5.75 Å². The lowest BCUT2D eigenvalue weighted by molar-refractivity contribution is -0.122. The summed E-state index contributed by atoms with van der Waals surface area (Å²) >= 11 is 0. The number of hydrogen-bond donors (Lipinski definition) is 1. The number of carbonyl (C=O) groups is 1. The molecule has 1 aromatic carbocycles. The molecular formula is C18H27NO2. The Morgan fingerprint density at radius 2 is 2.10 bits per heavy atom. The van der Waals surface area contributed by atoms with E-state index in [4.69, 9.17) is 4.74 Å². The Bertz CT molecular complexity index is 478. The molecule has 21 heavy (non-hydrogen) atoms. The van der Waals surface area contributed by atoms with E-state index in [0.29, 0.717) is 6.42 Å². The second-order valence-electron chi connectivity index (χ2n) is 6.22. The van der Waals surface area contributed by atoms with Gasteiger partial charge in [-0.1, -0.05) is 43.4 Å². The molecule has 1 aromatic rings. The zero-order chi connectivity index (χ0) is 15.2. The van der Waals surface area contributed by atoms with Crippen LogP contribution in [0.2, 0.25) is 0 Å². The second-order valence-corrected chi connectivity index (χ2v) is 6.22. The van der Waals surface area contributed by atoms with E-state index in [2.05, 4.69) is 18.3 Å². The van der Waals surface area contributed by atoms with Crippen LogP contribution in [-0.2, 0) is 4.79 Å². The Balaban J connectivity index is 1.89. The molecule has 1 aliphatic carbocycles. The molecular weight excluding hydrogens is 262 g/mol. The molecule has 0 aromatic heterocycles. The third-order valence-corrected chi connectivity index (χ3v) is 4.48. The highest BCUT2D eigenvalue weighted by atomic mass is 16.5. The van der Waals surface area contributed by atoms with Gasteiger partial charge in [0.2, 0.25) is 5.91 Å². The fourth-order valence-electron chi connectivity index (χ4n) is 3.22. The molecule has 2 rings (SSSR count). The van der Waals surface area contributed by atoms with Crippen molar-refractivity contribution in [2.24, 2.45) is 5.92 Å². The minimum absolute atomic E-state index is 0.0177. The van der Waals surface area contributed by atoms with E-state index in [0.717, 1.165) is 23.7 Å². The minimum atomic E-state index is -0.0177. The molecule has 0 aliphatic heterocycles. The maximum Gasteiger partial charge on any atom is 0.220 e. The fourth-order valence-corrected chi connectivity index (χ4v) is 3.22. The van der Waals surface area contributed by atoms with E-state index >= 15 is 0 Å². The van der Waals surface area contributed by atoms with Gasteiger partial charge in [-0.3, -0.25) is 4.79 Å². The van der Waals surface area contributed by atoms with Gasteiger partial charge in [0.25, 0.3) is 0 Å². The zero-order valence-electron chi connectivity index (χ0n) is 13.4. The molecule has 1 amide bonds. The third-order valence-electron chi connectivity index (χ3n) is 4.48. The quantitative estimate of drug-likeness (QED) is 0.854. The Morgan fingerprint density at radius 1 is 1.38 bits per heavy atom. The Labute approximate surface area is 128 Å². The van der Waals surface area contributed by atoms with E-state index in [9.17, 15) is 4.79 Å². The summed E-state index contributed by atoms with van der Waals surface area (Å²) in [7, 11) is 1.67. The Hall–Kier alpha value is -1.51. The number of aryl methyl sites for hydroxylation is 1. The number of amides is 1. The number of methoxy groups -OCH3 is 1. The van der Waals surface area contributed by atoms with Crippen LogP contribution in [0.4, 0.5) is 0 Å². The molecule has 3 heteroatoms.